The molecule has 0 atom stereocenters. The van der Waals surface area contributed by atoms with Gasteiger partial charge in [-0.15, -0.1) is 11.3 Å². The van der Waals surface area contributed by atoms with Gasteiger partial charge in [0, 0.05) is 17.4 Å². The average Bonchev–Trinajstić information content (AvgIpc) is 3.03. The Morgan fingerprint density at radius 1 is 1.55 bits per heavy atom. The fourth-order valence-corrected chi connectivity index (χ4v) is 2.85. The maximum atomic E-state index is 11.7. The third-order valence-corrected chi connectivity index (χ3v) is 4.16. The van der Waals surface area contributed by atoms with Crippen LogP contribution in [0.2, 0.25) is 0 Å². The number of carbonyl (C=O) groups excluding carboxylic acids is 1. The molecule has 0 aromatic carbocycles. The van der Waals surface area contributed by atoms with Gasteiger partial charge in [0.15, 0.2) is 0 Å². The Kier molecular flexibility index (Phi) is 3.69. The van der Waals surface area contributed by atoms with Crippen molar-refractivity contribution >= 4 is 23.3 Å². The summed E-state index contributed by atoms with van der Waals surface area (Å²) in [5, 5.41) is 6.05. The van der Waals surface area contributed by atoms with Crippen LogP contribution in [-0.4, -0.2) is 10.9 Å². The van der Waals surface area contributed by atoms with Crippen LogP contribution in [0.4, 0.5) is 0 Å². The number of aryl methyl sites for hydroxylation is 1. The Morgan fingerprint density at radius 3 is 3.10 bits per heavy atom. The predicted molar refractivity (Wildman–Crippen MR) is 78.4 cm³/mol. The molecule has 0 radical (unpaired) electrons. The molecule has 1 amide bonds. The number of nitrogens with one attached hydrogen (secondary N) is 1. The van der Waals surface area contributed by atoms with Crippen molar-refractivity contribution in [1.82, 2.24) is 10.3 Å². The van der Waals surface area contributed by atoms with Gasteiger partial charge in [-0.05, 0) is 38.0 Å². The zero-order chi connectivity index (χ0) is 13.9. The zero-order valence-electron chi connectivity index (χ0n) is 11.3. The molecule has 0 spiro atoms. The van der Waals surface area contributed by atoms with Crippen LogP contribution in [-0.2, 0) is 11.3 Å². The van der Waals surface area contributed by atoms with Crippen LogP contribution in [0.25, 0.3) is 6.08 Å². The van der Waals surface area contributed by atoms with Gasteiger partial charge >= 0.3 is 0 Å². The summed E-state index contributed by atoms with van der Waals surface area (Å²) in [6.07, 6.45) is 5.65. The number of aromatic nitrogens is 1. The molecule has 1 fully saturated rings. The molecule has 20 heavy (non-hydrogen) atoms. The molecule has 3 rings (SSSR count). The first kappa shape index (κ1) is 13.1. The van der Waals surface area contributed by atoms with Crippen LogP contribution in [0.1, 0.15) is 41.0 Å². The van der Waals surface area contributed by atoms with Gasteiger partial charge in [0.2, 0.25) is 5.91 Å². The molecule has 1 saturated carbocycles. The smallest absolute Gasteiger partial charge is 0.244 e. The summed E-state index contributed by atoms with van der Waals surface area (Å²) >= 11 is 1.69. The van der Waals surface area contributed by atoms with Crippen molar-refractivity contribution in [2.75, 3.05) is 0 Å². The van der Waals surface area contributed by atoms with E-state index in [1.165, 1.54) is 23.9 Å². The first-order valence-corrected chi connectivity index (χ1v) is 7.55. The lowest BCUT2D eigenvalue weighted by molar-refractivity contribution is -0.116. The fraction of sp³-hybridized carbons (Fsp3) is 0.333. The van der Waals surface area contributed by atoms with Crippen molar-refractivity contribution in [2.24, 2.45) is 0 Å². The zero-order valence-corrected chi connectivity index (χ0v) is 12.1. The molecular formula is C15H16N2O2S. The van der Waals surface area contributed by atoms with E-state index in [4.69, 9.17) is 4.42 Å². The SMILES string of the molecule is Cc1ccc(/C=C/C(=O)NCc2csc(C3CC3)n2)o1. The van der Waals surface area contributed by atoms with E-state index in [1.54, 1.807) is 17.4 Å². The lowest BCUT2D eigenvalue weighted by Gasteiger charge is -1.98. The number of thiazole rings is 1. The lowest BCUT2D eigenvalue weighted by atomic mass is 10.3. The molecule has 0 bridgehead atoms. The van der Waals surface area contributed by atoms with Crippen LogP contribution in [0.15, 0.2) is 28.0 Å². The number of carbonyl (C=O) groups is 1. The molecule has 1 aliphatic rings. The van der Waals surface area contributed by atoms with Crippen molar-refractivity contribution in [3.63, 3.8) is 0 Å². The highest BCUT2D eigenvalue weighted by molar-refractivity contribution is 7.09. The second kappa shape index (κ2) is 5.63. The number of hydrogen-bond donors (Lipinski definition) is 1. The van der Waals surface area contributed by atoms with Crippen molar-refractivity contribution < 1.29 is 9.21 Å². The molecule has 1 N–H and O–H groups in total. The summed E-state index contributed by atoms with van der Waals surface area (Å²) in [5.41, 5.74) is 0.937. The Labute approximate surface area is 121 Å². The average molecular weight is 288 g/mol. The molecule has 104 valence electrons. The minimum atomic E-state index is -0.139. The second-order valence-electron chi connectivity index (χ2n) is 4.95. The lowest BCUT2D eigenvalue weighted by Crippen LogP contribution is -2.20. The summed E-state index contributed by atoms with van der Waals surface area (Å²) < 4.78 is 5.36. The van der Waals surface area contributed by atoms with Crippen molar-refractivity contribution in [2.45, 2.75) is 32.2 Å². The minimum Gasteiger partial charge on any atom is -0.462 e. The summed E-state index contributed by atoms with van der Waals surface area (Å²) in [5.74, 6) is 2.05. The maximum Gasteiger partial charge on any atom is 0.244 e. The molecule has 4 nitrogen and oxygen atoms in total. The molecule has 2 aromatic heterocycles. The largest absolute Gasteiger partial charge is 0.462 e. The molecule has 2 heterocycles. The molecular weight excluding hydrogens is 272 g/mol. The Morgan fingerprint density at radius 2 is 2.40 bits per heavy atom. The molecule has 2 aromatic rings. The number of furan rings is 1. The minimum absolute atomic E-state index is 0.139. The summed E-state index contributed by atoms with van der Waals surface area (Å²) in [6.45, 7) is 2.35. The number of hydrogen-bond acceptors (Lipinski definition) is 4. The van der Waals surface area contributed by atoms with Crippen molar-refractivity contribution in [1.29, 1.82) is 0 Å². The highest BCUT2D eigenvalue weighted by Gasteiger charge is 2.26. The van der Waals surface area contributed by atoms with E-state index in [0.717, 1.165) is 11.5 Å². The molecule has 0 saturated heterocycles. The van der Waals surface area contributed by atoms with Crippen LogP contribution < -0.4 is 5.32 Å². The van der Waals surface area contributed by atoms with Gasteiger partial charge in [-0.3, -0.25) is 4.79 Å². The maximum absolute atomic E-state index is 11.7. The molecule has 0 unspecified atom stereocenters. The monoisotopic (exact) mass is 288 g/mol. The molecule has 1 aliphatic carbocycles. The van der Waals surface area contributed by atoms with E-state index in [-0.39, 0.29) is 5.91 Å². The van der Waals surface area contributed by atoms with E-state index in [1.807, 2.05) is 24.4 Å². The number of amides is 1. The standard InChI is InChI=1S/C15H16N2O2S/c1-10-2-5-13(19-10)6-7-14(18)16-8-12-9-20-15(17-12)11-3-4-11/h2,5-7,9,11H,3-4,8H2,1H3,(H,16,18)/b7-6+. The van der Waals surface area contributed by atoms with Gasteiger partial charge in [0.05, 0.1) is 17.2 Å². The molecule has 5 heteroatoms. The van der Waals surface area contributed by atoms with Gasteiger partial charge in [-0.2, -0.15) is 0 Å². The van der Waals surface area contributed by atoms with E-state index in [0.29, 0.717) is 18.2 Å². The quantitative estimate of drug-likeness (QED) is 0.859. The Bertz CT molecular complexity index is 638. The number of nitrogens with zero attached hydrogens (tertiary/aromatic N) is 1. The normalized spacial score (nSPS) is 14.8. The van der Waals surface area contributed by atoms with Crippen LogP contribution >= 0.6 is 11.3 Å². The number of rotatable bonds is 5. The van der Waals surface area contributed by atoms with Gasteiger partial charge in [-0.25, -0.2) is 4.98 Å². The Balaban J connectivity index is 1.49. The van der Waals surface area contributed by atoms with Gasteiger partial charge in [0.1, 0.15) is 11.5 Å². The Hall–Kier alpha value is -1.88. The second-order valence-corrected chi connectivity index (χ2v) is 5.84. The van der Waals surface area contributed by atoms with Crippen molar-refractivity contribution in [3.8, 4) is 0 Å². The van der Waals surface area contributed by atoms with Crippen LogP contribution in [0, 0.1) is 6.92 Å². The van der Waals surface area contributed by atoms with E-state index >= 15 is 0 Å². The van der Waals surface area contributed by atoms with Crippen LogP contribution in [0.3, 0.4) is 0 Å². The third-order valence-electron chi connectivity index (χ3n) is 3.10. The first-order valence-electron chi connectivity index (χ1n) is 6.67. The van der Waals surface area contributed by atoms with E-state index in [9.17, 15) is 4.79 Å². The predicted octanol–water partition coefficient (Wildman–Crippen LogP) is 3.25. The fourth-order valence-electron chi connectivity index (χ4n) is 1.86. The topological polar surface area (TPSA) is 55.1 Å². The van der Waals surface area contributed by atoms with Gasteiger partial charge in [0.25, 0.3) is 0 Å². The van der Waals surface area contributed by atoms with Crippen molar-refractivity contribution in [3.05, 3.63) is 45.8 Å². The molecule has 0 aliphatic heterocycles. The summed E-state index contributed by atoms with van der Waals surface area (Å²) in [4.78, 5) is 16.2. The third kappa shape index (κ3) is 3.36. The van der Waals surface area contributed by atoms with E-state index in [2.05, 4.69) is 10.3 Å². The van der Waals surface area contributed by atoms with E-state index < -0.39 is 0 Å². The van der Waals surface area contributed by atoms with Gasteiger partial charge < -0.3 is 9.73 Å². The first-order chi connectivity index (χ1) is 9.70. The highest BCUT2D eigenvalue weighted by atomic mass is 32.1. The summed E-state index contributed by atoms with van der Waals surface area (Å²) in [7, 11) is 0. The van der Waals surface area contributed by atoms with Crippen LogP contribution in [0.5, 0.6) is 0 Å². The summed E-state index contributed by atoms with van der Waals surface area (Å²) in [6, 6.07) is 3.70. The van der Waals surface area contributed by atoms with Gasteiger partial charge in [-0.1, -0.05) is 0 Å². The highest BCUT2D eigenvalue weighted by Crippen LogP contribution is 2.41.